The molecule has 2 unspecified atom stereocenters. The molecule has 0 N–H and O–H groups in total. The van der Waals surface area contributed by atoms with Crippen LogP contribution in [0.5, 0.6) is 0 Å². The van der Waals surface area contributed by atoms with Crippen LogP contribution in [0.2, 0.25) is 0 Å². The van der Waals surface area contributed by atoms with Crippen LogP contribution < -0.4 is 0 Å². The second-order valence-electron chi connectivity index (χ2n) is 2.55. The Kier molecular flexibility index (Phi) is 4.27. The number of thioether (sulfide) groups is 1. The Labute approximate surface area is 76.7 Å². The Morgan fingerprint density at radius 2 is 2.20 bits per heavy atom. The predicted molar refractivity (Wildman–Crippen MR) is 50.5 cm³/mol. The molecule has 2 atom stereocenters. The van der Waals surface area contributed by atoms with Crippen molar-refractivity contribution in [3.8, 4) is 0 Å². The lowest BCUT2D eigenvalue weighted by Crippen LogP contribution is -2.09. The van der Waals surface area contributed by atoms with Gasteiger partial charge in [0, 0.05) is 22.3 Å². The molecule has 0 aliphatic heterocycles. The highest BCUT2D eigenvalue weighted by Gasteiger charge is 2.24. The maximum atomic E-state index is 6.05. The molecule has 0 aromatic heterocycles. The van der Waals surface area contributed by atoms with Gasteiger partial charge in [-0.3, -0.25) is 0 Å². The molecule has 1 fully saturated rings. The Bertz CT molecular complexity index is 97.6. The molecule has 0 amide bonds. The number of hydrogen-bond donors (Lipinski definition) is 0. The van der Waals surface area contributed by atoms with E-state index in [1.54, 1.807) is 0 Å². The van der Waals surface area contributed by atoms with E-state index < -0.39 is 0 Å². The molecule has 0 bridgehead atoms. The third-order valence-electron chi connectivity index (χ3n) is 1.78. The summed E-state index contributed by atoms with van der Waals surface area (Å²) in [5.74, 6) is 1.81. The van der Waals surface area contributed by atoms with E-state index in [0.29, 0.717) is 10.6 Å². The summed E-state index contributed by atoms with van der Waals surface area (Å²) < 4.78 is 0. The van der Waals surface area contributed by atoms with Crippen molar-refractivity contribution < 1.29 is 0 Å². The molecular formula is C7H12Cl2S. The maximum absolute atomic E-state index is 6.05. The van der Waals surface area contributed by atoms with Crippen LogP contribution in [0.25, 0.3) is 0 Å². The summed E-state index contributed by atoms with van der Waals surface area (Å²) in [6.07, 6.45) is 3.78. The Balaban J connectivity index is 2.14. The average molecular weight is 199 g/mol. The molecule has 0 aromatic rings. The first-order chi connectivity index (χ1) is 4.84. The topological polar surface area (TPSA) is 0 Å². The smallest absolute Gasteiger partial charge is 0.0454 e. The van der Waals surface area contributed by atoms with Gasteiger partial charge in [0.25, 0.3) is 0 Å². The molecule has 1 rings (SSSR count). The average Bonchev–Trinajstić information content (AvgIpc) is 2.31. The number of alkyl halides is 2. The van der Waals surface area contributed by atoms with Crippen molar-refractivity contribution in [3.63, 3.8) is 0 Å². The van der Waals surface area contributed by atoms with Crippen LogP contribution in [0, 0.1) is 0 Å². The first kappa shape index (κ1) is 9.02. The lowest BCUT2D eigenvalue weighted by molar-refractivity contribution is 0.888. The normalized spacial score (nSPS) is 33.0. The molecule has 0 spiro atoms. The first-order valence-electron chi connectivity index (χ1n) is 3.66. The minimum atomic E-state index is 0.410. The van der Waals surface area contributed by atoms with E-state index in [9.17, 15) is 0 Å². The monoisotopic (exact) mass is 198 g/mol. The van der Waals surface area contributed by atoms with Crippen molar-refractivity contribution in [3.05, 3.63) is 0 Å². The van der Waals surface area contributed by atoms with Crippen LogP contribution in [0.3, 0.4) is 0 Å². The van der Waals surface area contributed by atoms with Gasteiger partial charge in [-0.1, -0.05) is 6.42 Å². The predicted octanol–water partition coefficient (Wildman–Crippen LogP) is 3.12. The number of hydrogen-bond acceptors (Lipinski definition) is 1. The molecule has 0 radical (unpaired) electrons. The van der Waals surface area contributed by atoms with E-state index in [1.807, 2.05) is 11.8 Å². The minimum Gasteiger partial charge on any atom is -0.156 e. The van der Waals surface area contributed by atoms with E-state index in [2.05, 4.69) is 0 Å². The first-order valence-corrected chi connectivity index (χ1v) is 5.68. The fourth-order valence-electron chi connectivity index (χ4n) is 1.26. The van der Waals surface area contributed by atoms with Gasteiger partial charge in [0.1, 0.15) is 0 Å². The molecule has 1 aliphatic rings. The van der Waals surface area contributed by atoms with Crippen molar-refractivity contribution in [2.45, 2.75) is 29.9 Å². The molecule has 10 heavy (non-hydrogen) atoms. The van der Waals surface area contributed by atoms with Gasteiger partial charge < -0.3 is 0 Å². The highest BCUT2D eigenvalue weighted by molar-refractivity contribution is 8.00. The molecule has 1 saturated carbocycles. The van der Waals surface area contributed by atoms with E-state index >= 15 is 0 Å². The summed E-state index contributed by atoms with van der Waals surface area (Å²) in [5, 5.41) is 1.09. The second kappa shape index (κ2) is 4.74. The summed E-state index contributed by atoms with van der Waals surface area (Å²) >= 11 is 13.5. The maximum Gasteiger partial charge on any atom is 0.0454 e. The lowest BCUT2D eigenvalue weighted by atomic mass is 10.4. The molecule has 60 valence electrons. The number of halogens is 2. The molecule has 0 aromatic carbocycles. The van der Waals surface area contributed by atoms with E-state index in [1.165, 1.54) is 19.3 Å². The summed E-state index contributed by atoms with van der Waals surface area (Å²) in [4.78, 5) is 0. The van der Waals surface area contributed by atoms with Crippen LogP contribution in [-0.2, 0) is 0 Å². The molecule has 0 saturated heterocycles. The van der Waals surface area contributed by atoms with Gasteiger partial charge in [0.2, 0.25) is 0 Å². The van der Waals surface area contributed by atoms with Gasteiger partial charge in [0.15, 0.2) is 0 Å². The highest BCUT2D eigenvalue weighted by Crippen LogP contribution is 2.33. The van der Waals surface area contributed by atoms with Crippen LogP contribution in [-0.4, -0.2) is 22.3 Å². The summed E-state index contributed by atoms with van der Waals surface area (Å²) in [7, 11) is 0. The SMILES string of the molecule is ClCCSC1CCCC1Cl. The Morgan fingerprint density at radius 3 is 2.70 bits per heavy atom. The van der Waals surface area contributed by atoms with Crippen LogP contribution in [0.15, 0.2) is 0 Å². The van der Waals surface area contributed by atoms with Crippen molar-refractivity contribution in [2.75, 3.05) is 11.6 Å². The van der Waals surface area contributed by atoms with E-state index in [-0.39, 0.29) is 0 Å². The van der Waals surface area contributed by atoms with E-state index in [0.717, 1.165) is 11.6 Å². The summed E-state index contributed by atoms with van der Waals surface area (Å²) in [6.45, 7) is 0. The van der Waals surface area contributed by atoms with Gasteiger partial charge in [0.05, 0.1) is 0 Å². The van der Waals surface area contributed by atoms with Gasteiger partial charge in [-0.15, -0.1) is 23.2 Å². The second-order valence-corrected chi connectivity index (χ2v) is 4.83. The van der Waals surface area contributed by atoms with Gasteiger partial charge in [-0.25, -0.2) is 0 Å². The third kappa shape index (κ3) is 2.52. The lowest BCUT2D eigenvalue weighted by Gasteiger charge is -2.10. The fourth-order valence-corrected chi connectivity index (χ4v) is 3.10. The molecule has 0 nitrogen and oxygen atoms in total. The zero-order chi connectivity index (χ0) is 7.40. The molecule has 1 aliphatic carbocycles. The zero-order valence-corrected chi connectivity index (χ0v) is 8.18. The minimum absolute atomic E-state index is 0.410. The zero-order valence-electron chi connectivity index (χ0n) is 5.85. The third-order valence-corrected chi connectivity index (χ3v) is 4.30. The van der Waals surface area contributed by atoms with Crippen LogP contribution in [0.4, 0.5) is 0 Å². The van der Waals surface area contributed by atoms with Crippen LogP contribution in [0.1, 0.15) is 19.3 Å². The van der Waals surface area contributed by atoms with Crippen molar-refractivity contribution in [1.82, 2.24) is 0 Å². The Hall–Kier alpha value is 0.930. The fraction of sp³-hybridized carbons (Fsp3) is 1.00. The van der Waals surface area contributed by atoms with E-state index in [4.69, 9.17) is 23.2 Å². The molecule has 3 heteroatoms. The van der Waals surface area contributed by atoms with Gasteiger partial charge >= 0.3 is 0 Å². The molecule has 0 heterocycles. The highest BCUT2D eigenvalue weighted by atomic mass is 35.5. The molecular weight excluding hydrogens is 187 g/mol. The van der Waals surface area contributed by atoms with Gasteiger partial charge in [-0.05, 0) is 12.8 Å². The number of rotatable bonds is 3. The summed E-state index contributed by atoms with van der Waals surface area (Å²) in [6, 6.07) is 0. The van der Waals surface area contributed by atoms with Crippen LogP contribution >= 0.6 is 35.0 Å². The summed E-state index contributed by atoms with van der Waals surface area (Å²) in [5.41, 5.74) is 0. The van der Waals surface area contributed by atoms with Crippen molar-refractivity contribution in [2.24, 2.45) is 0 Å². The van der Waals surface area contributed by atoms with Crippen molar-refractivity contribution in [1.29, 1.82) is 0 Å². The van der Waals surface area contributed by atoms with Crippen molar-refractivity contribution >= 4 is 35.0 Å². The largest absolute Gasteiger partial charge is 0.156 e. The standard InChI is InChI=1S/C7H12Cl2S/c8-4-5-10-7-3-1-2-6(7)9/h6-7H,1-5H2. The quantitative estimate of drug-likeness (QED) is 0.629. The Morgan fingerprint density at radius 1 is 1.40 bits per heavy atom. The van der Waals surface area contributed by atoms with Gasteiger partial charge in [-0.2, -0.15) is 11.8 Å².